The number of rotatable bonds is 3. The van der Waals surface area contributed by atoms with E-state index in [0.29, 0.717) is 4.47 Å². The minimum atomic E-state index is -0.237. The van der Waals surface area contributed by atoms with Crippen LogP contribution in [-0.4, -0.2) is 19.8 Å². The molecule has 1 aromatic carbocycles. The Bertz CT molecular complexity index is 366. The van der Waals surface area contributed by atoms with Gasteiger partial charge in [-0.2, -0.15) is 0 Å². The van der Waals surface area contributed by atoms with Gasteiger partial charge in [0.05, 0.1) is 17.7 Å². The van der Waals surface area contributed by atoms with E-state index in [2.05, 4.69) is 28.2 Å². The maximum atomic E-state index is 13.0. The first-order valence-electron chi connectivity index (χ1n) is 4.86. The van der Waals surface area contributed by atoms with Crippen LogP contribution >= 0.6 is 15.9 Å². The fourth-order valence-electron chi connectivity index (χ4n) is 1.47. The zero-order valence-electron chi connectivity index (χ0n) is 8.52. The molecule has 0 bridgehead atoms. The summed E-state index contributed by atoms with van der Waals surface area (Å²) in [6.07, 6.45) is 0. The average molecular weight is 274 g/mol. The van der Waals surface area contributed by atoms with Gasteiger partial charge >= 0.3 is 0 Å². The van der Waals surface area contributed by atoms with Crippen molar-refractivity contribution in [2.75, 3.05) is 25.1 Å². The van der Waals surface area contributed by atoms with Gasteiger partial charge in [-0.3, -0.25) is 0 Å². The first-order chi connectivity index (χ1) is 7.09. The lowest BCUT2D eigenvalue weighted by Crippen LogP contribution is -2.45. The van der Waals surface area contributed by atoms with E-state index >= 15 is 0 Å². The molecule has 1 aliphatic rings. The molecule has 0 atom stereocenters. The van der Waals surface area contributed by atoms with Crippen molar-refractivity contribution >= 4 is 21.6 Å². The molecule has 1 N–H and O–H groups in total. The van der Waals surface area contributed by atoms with Gasteiger partial charge in [-0.15, -0.1) is 0 Å². The Hall–Kier alpha value is -0.610. The monoisotopic (exact) mass is 273 g/mol. The molecule has 0 aliphatic carbocycles. The Kier molecular flexibility index (Phi) is 2.98. The third kappa shape index (κ3) is 2.49. The summed E-state index contributed by atoms with van der Waals surface area (Å²) in [6.45, 7) is 4.61. The predicted octanol–water partition coefficient (Wildman–Crippen LogP) is 3.04. The van der Waals surface area contributed by atoms with Crippen molar-refractivity contribution < 1.29 is 9.13 Å². The number of nitrogens with one attached hydrogen (secondary N) is 1. The van der Waals surface area contributed by atoms with Gasteiger partial charge in [0.15, 0.2) is 0 Å². The van der Waals surface area contributed by atoms with Crippen LogP contribution in [0.15, 0.2) is 22.7 Å². The Morgan fingerprint density at radius 3 is 2.80 bits per heavy atom. The Balaban J connectivity index is 1.96. The van der Waals surface area contributed by atoms with E-state index in [9.17, 15) is 4.39 Å². The van der Waals surface area contributed by atoms with Gasteiger partial charge in [0.25, 0.3) is 0 Å². The number of anilines is 1. The number of hydrogen-bond acceptors (Lipinski definition) is 2. The van der Waals surface area contributed by atoms with Crippen LogP contribution in [0.25, 0.3) is 0 Å². The summed E-state index contributed by atoms with van der Waals surface area (Å²) in [5, 5.41) is 3.28. The first-order valence-corrected chi connectivity index (χ1v) is 5.65. The van der Waals surface area contributed by atoms with Crippen molar-refractivity contribution in [1.82, 2.24) is 0 Å². The van der Waals surface area contributed by atoms with Crippen molar-refractivity contribution in [3.05, 3.63) is 28.5 Å². The van der Waals surface area contributed by atoms with Gasteiger partial charge in [-0.05, 0) is 34.1 Å². The molecule has 4 heteroatoms. The molecule has 0 spiro atoms. The molecule has 2 nitrogen and oxygen atoms in total. The molecule has 0 amide bonds. The molecule has 82 valence electrons. The standard InChI is InChI=1S/C11H13BrFNO/c1-11(6-15-7-11)5-14-8-2-3-10(13)9(12)4-8/h2-4,14H,5-7H2,1H3. The van der Waals surface area contributed by atoms with Gasteiger partial charge in [-0.25, -0.2) is 4.39 Å². The van der Waals surface area contributed by atoms with Crippen LogP contribution in [0.5, 0.6) is 0 Å². The maximum absolute atomic E-state index is 13.0. The van der Waals surface area contributed by atoms with Crippen molar-refractivity contribution in [1.29, 1.82) is 0 Å². The zero-order chi connectivity index (χ0) is 10.9. The minimum absolute atomic E-state index is 0.223. The Labute approximate surface area is 96.9 Å². The molecule has 0 radical (unpaired) electrons. The molecular formula is C11H13BrFNO. The quantitative estimate of drug-likeness (QED) is 0.914. The lowest BCUT2D eigenvalue weighted by atomic mass is 9.89. The average Bonchev–Trinajstić information content (AvgIpc) is 2.17. The topological polar surface area (TPSA) is 21.3 Å². The van der Waals surface area contributed by atoms with E-state index in [0.717, 1.165) is 25.4 Å². The van der Waals surface area contributed by atoms with E-state index in [1.807, 2.05) is 0 Å². The Morgan fingerprint density at radius 1 is 1.53 bits per heavy atom. The normalized spacial score (nSPS) is 18.3. The predicted molar refractivity (Wildman–Crippen MR) is 61.5 cm³/mol. The van der Waals surface area contributed by atoms with E-state index in [1.54, 1.807) is 12.1 Å². The summed E-state index contributed by atoms with van der Waals surface area (Å²) >= 11 is 3.16. The first kappa shape index (κ1) is 10.9. The summed E-state index contributed by atoms with van der Waals surface area (Å²) in [5.74, 6) is -0.237. The van der Waals surface area contributed by atoms with Crippen LogP contribution in [0, 0.1) is 11.2 Å². The van der Waals surface area contributed by atoms with Crippen LogP contribution in [0.4, 0.5) is 10.1 Å². The highest BCUT2D eigenvalue weighted by molar-refractivity contribution is 9.10. The summed E-state index contributed by atoms with van der Waals surface area (Å²) in [4.78, 5) is 0. The van der Waals surface area contributed by atoms with Gasteiger partial charge in [0.2, 0.25) is 0 Å². The molecular weight excluding hydrogens is 261 g/mol. The lowest BCUT2D eigenvalue weighted by molar-refractivity contribution is -0.0924. The van der Waals surface area contributed by atoms with Crippen LogP contribution in [-0.2, 0) is 4.74 Å². The van der Waals surface area contributed by atoms with Gasteiger partial charge in [0.1, 0.15) is 5.82 Å². The van der Waals surface area contributed by atoms with Crippen molar-refractivity contribution in [3.8, 4) is 0 Å². The molecule has 0 aromatic heterocycles. The zero-order valence-corrected chi connectivity index (χ0v) is 10.1. The maximum Gasteiger partial charge on any atom is 0.137 e. The van der Waals surface area contributed by atoms with E-state index < -0.39 is 0 Å². The van der Waals surface area contributed by atoms with Crippen LogP contribution in [0.3, 0.4) is 0 Å². The molecule has 1 aliphatic heterocycles. The minimum Gasteiger partial charge on any atom is -0.384 e. The van der Waals surface area contributed by atoms with E-state index in [-0.39, 0.29) is 11.2 Å². The van der Waals surface area contributed by atoms with Crippen LogP contribution < -0.4 is 5.32 Å². The Morgan fingerprint density at radius 2 is 2.27 bits per heavy atom. The van der Waals surface area contributed by atoms with Crippen molar-refractivity contribution in [2.24, 2.45) is 5.41 Å². The molecule has 2 rings (SSSR count). The van der Waals surface area contributed by atoms with E-state index in [4.69, 9.17) is 4.74 Å². The van der Waals surface area contributed by atoms with Gasteiger partial charge in [0, 0.05) is 17.6 Å². The molecule has 0 saturated carbocycles. The van der Waals surface area contributed by atoms with Crippen molar-refractivity contribution in [3.63, 3.8) is 0 Å². The van der Waals surface area contributed by atoms with Crippen LogP contribution in [0.1, 0.15) is 6.92 Å². The second-order valence-electron chi connectivity index (χ2n) is 4.29. The summed E-state index contributed by atoms with van der Waals surface area (Å²) in [6, 6.07) is 4.94. The molecule has 1 fully saturated rings. The van der Waals surface area contributed by atoms with Crippen molar-refractivity contribution in [2.45, 2.75) is 6.92 Å². The SMILES string of the molecule is CC1(CNc2ccc(F)c(Br)c2)COC1. The van der Waals surface area contributed by atoms with Gasteiger partial charge < -0.3 is 10.1 Å². The summed E-state index contributed by atoms with van der Waals surface area (Å²) in [7, 11) is 0. The molecule has 0 unspecified atom stereocenters. The molecule has 1 saturated heterocycles. The number of halogens is 2. The number of benzene rings is 1. The smallest absolute Gasteiger partial charge is 0.137 e. The van der Waals surface area contributed by atoms with E-state index in [1.165, 1.54) is 6.07 Å². The fraction of sp³-hybridized carbons (Fsp3) is 0.455. The molecule has 1 aromatic rings. The number of hydrogen-bond donors (Lipinski definition) is 1. The van der Waals surface area contributed by atoms with Gasteiger partial charge in [-0.1, -0.05) is 6.92 Å². The highest BCUT2D eigenvalue weighted by Gasteiger charge is 2.32. The van der Waals surface area contributed by atoms with Crippen LogP contribution in [0.2, 0.25) is 0 Å². The highest BCUT2D eigenvalue weighted by Crippen LogP contribution is 2.27. The lowest BCUT2D eigenvalue weighted by Gasteiger charge is -2.38. The second kappa shape index (κ2) is 4.10. The molecule has 15 heavy (non-hydrogen) atoms. The molecule has 1 heterocycles. The summed E-state index contributed by atoms with van der Waals surface area (Å²) < 4.78 is 18.6. The largest absolute Gasteiger partial charge is 0.384 e. The third-order valence-corrected chi connectivity index (χ3v) is 3.15. The number of ether oxygens (including phenoxy) is 1. The fourth-order valence-corrected chi connectivity index (χ4v) is 1.85. The summed E-state index contributed by atoms with van der Waals surface area (Å²) in [5.41, 5.74) is 1.15. The second-order valence-corrected chi connectivity index (χ2v) is 5.14. The third-order valence-electron chi connectivity index (χ3n) is 2.54. The highest BCUT2D eigenvalue weighted by atomic mass is 79.9.